The summed E-state index contributed by atoms with van der Waals surface area (Å²) < 4.78 is -1.30. The number of rotatable bonds is 5. The molecule has 1 fully saturated rings. The van der Waals surface area contributed by atoms with E-state index in [9.17, 15) is 9.59 Å². The van der Waals surface area contributed by atoms with Crippen molar-refractivity contribution in [3.63, 3.8) is 0 Å². The summed E-state index contributed by atoms with van der Waals surface area (Å²) in [7, 11) is 0. The average molecular weight is 543 g/mol. The highest BCUT2D eigenvalue weighted by molar-refractivity contribution is 6.53. The van der Waals surface area contributed by atoms with E-state index in [-0.39, 0.29) is 11.8 Å². The number of amides is 2. The van der Waals surface area contributed by atoms with Crippen molar-refractivity contribution in [3.8, 4) is 0 Å². The quantitative estimate of drug-likeness (QED) is 0.324. The Morgan fingerprint density at radius 2 is 1.58 bits per heavy atom. The van der Waals surface area contributed by atoms with Crippen LogP contribution in [0.4, 0.5) is 11.4 Å². The van der Waals surface area contributed by atoms with E-state index in [4.69, 9.17) is 58.0 Å². The molecule has 0 radical (unpaired) electrons. The number of halogens is 5. The van der Waals surface area contributed by atoms with E-state index >= 15 is 0 Å². The van der Waals surface area contributed by atoms with Crippen molar-refractivity contribution < 1.29 is 9.59 Å². The molecule has 2 amide bonds. The highest BCUT2D eigenvalue weighted by atomic mass is 35.5. The Balaban J connectivity index is 1.50. The van der Waals surface area contributed by atoms with Gasteiger partial charge in [0, 0.05) is 27.2 Å². The van der Waals surface area contributed by atoms with Crippen molar-refractivity contribution in [2.24, 2.45) is 5.92 Å². The molecular weight excluding hydrogens is 526 g/mol. The van der Waals surface area contributed by atoms with Crippen LogP contribution in [0.1, 0.15) is 27.4 Å². The SMILES string of the molecule is Cc1cccc(C(=O)Nc2cc(NC(=O)[C@H]3[C@H](c4cc(Cl)cc(Cl)c4)C3(Cl)Cl)ccc2Cl)c1. The number of aryl methyl sites for hydroxylation is 1. The van der Waals surface area contributed by atoms with Gasteiger partial charge in [0.15, 0.2) is 0 Å². The van der Waals surface area contributed by atoms with Crippen LogP contribution in [-0.2, 0) is 4.79 Å². The maximum Gasteiger partial charge on any atom is 0.255 e. The molecule has 9 heteroatoms. The normalized spacial score (nSPS) is 18.5. The number of hydrogen-bond donors (Lipinski definition) is 2. The van der Waals surface area contributed by atoms with Gasteiger partial charge in [-0.1, -0.05) is 52.5 Å². The summed E-state index contributed by atoms with van der Waals surface area (Å²) in [4.78, 5) is 25.6. The van der Waals surface area contributed by atoms with Crippen LogP contribution < -0.4 is 10.6 Å². The first-order valence-electron chi connectivity index (χ1n) is 9.88. The van der Waals surface area contributed by atoms with E-state index in [0.717, 1.165) is 5.56 Å². The van der Waals surface area contributed by atoms with Crippen molar-refractivity contribution in [1.82, 2.24) is 0 Å². The number of carbonyl (C=O) groups excluding carboxylic acids is 2. The first-order valence-corrected chi connectivity index (χ1v) is 11.8. The summed E-state index contributed by atoms with van der Waals surface area (Å²) in [6, 6.07) is 16.9. The van der Waals surface area contributed by atoms with Gasteiger partial charge < -0.3 is 10.6 Å². The molecule has 0 bridgehead atoms. The van der Waals surface area contributed by atoms with Gasteiger partial charge in [-0.2, -0.15) is 0 Å². The zero-order valence-electron chi connectivity index (χ0n) is 17.1. The smallest absolute Gasteiger partial charge is 0.255 e. The van der Waals surface area contributed by atoms with Crippen molar-refractivity contribution in [2.45, 2.75) is 17.2 Å². The first-order chi connectivity index (χ1) is 15.6. The highest BCUT2D eigenvalue weighted by Crippen LogP contribution is 2.65. The summed E-state index contributed by atoms with van der Waals surface area (Å²) in [6.45, 7) is 1.90. The molecule has 0 aliphatic heterocycles. The molecule has 4 nitrogen and oxygen atoms in total. The van der Waals surface area contributed by atoms with Gasteiger partial charge in [-0.15, -0.1) is 23.2 Å². The molecule has 2 N–H and O–H groups in total. The number of anilines is 2. The summed E-state index contributed by atoms with van der Waals surface area (Å²) in [6.07, 6.45) is 0. The monoisotopic (exact) mass is 540 g/mol. The van der Waals surface area contributed by atoms with Crippen LogP contribution in [0.2, 0.25) is 15.1 Å². The number of carbonyl (C=O) groups is 2. The molecule has 0 saturated heterocycles. The van der Waals surface area contributed by atoms with E-state index in [1.54, 1.807) is 54.6 Å². The van der Waals surface area contributed by atoms with Crippen molar-refractivity contribution in [2.75, 3.05) is 10.6 Å². The maximum absolute atomic E-state index is 13.0. The maximum atomic E-state index is 13.0. The Bertz CT molecular complexity index is 1240. The third-order valence-electron chi connectivity index (χ3n) is 5.34. The molecule has 1 saturated carbocycles. The first kappa shape index (κ1) is 24.2. The lowest BCUT2D eigenvalue weighted by molar-refractivity contribution is -0.117. The lowest BCUT2D eigenvalue weighted by atomic mass is 10.1. The fourth-order valence-corrected chi connectivity index (χ4v) is 5.26. The highest BCUT2D eigenvalue weighted by Gasteiger charge is 2.67. The molecular formula is C24H17Cl5N2O2. The van der Waals surface area contributed by atoms with Crippen LogP contribution >= 0.6 is 58.0 Å². The van der Waals surface area contributed by atoms with Crippen LogP contribution in [0.3, 0.4) is 0 Å². The summed E-state index contributed by atoms with van der Waals surface area (Å²) in [5.41, 5.74) is 2.93. The topological polar surface area (TPSA) is 58.2 Å². The minimum Gasteiger partial charge on any atom is -0.326 e. The van der Waals surface area contributed by atoms with Gasteiger partial charge in [0.05, 0.1) is 16.6 Å². The van der Waals surface area contributed by atoms with E-state index in [2.05, 4.69) is 10.6 Å². The third kappa shape index (κ3) is 5.26. The zero-order chi connectivity index (χ0) is 23.9. The van der Waals surface area contributed by atoms with Crippen LogP contribution in [-0.4, -0.2) is 16.1 Å². The summed E-state index contributed by atoms with van der Waals surface area (Å²) in [5, 5.41) is 6.76. The summed E-state index contributed by atoms with van der Waals surface area (Å²) in [5.74, 6) is -1.87. The number of benzene rings is 3. The number of nitrogens with one attached hydrogen (secondary N) is 2. The average Bonchev–Trinajstić information content (AvgIpc) is 3.32. The Hall–Kier alpha value is -1.95. The van der Waals surface area contributed by atoms with Gasteiger partial charge in [0.2, 0.25) is 5.91 Å². The Morgan fingerprint density at radius 1 is 0.879 bits per heavy atom. The molecule has 0 unspecified atom stereocenters. The standard InChI is InChI=1S/C24H17Cl5N2O2/c1-12-3-2-4-13(7-12)22(32)31-19-11-17(5-6-18(19)27)30-23(33)21-20(24(21,28)29)14-8-15(25)10-16(26)9-14/h2-11,20-21H,1H3,(H,30,33)(H,31,32)/t20-,21+/m0/s1. The second kappa shape index (κ2) is 9.36. The van der Waals surface area contributed by atoms with Gasteiger partial charge in [0.1, 0.15) is 4.33 Å². The van der Waals surface area contributed by atoms with E-state index in [0.29, 0.717) is 37.6 Å². The second-order valence-corrected chi connectivity index (χ2v) is 10.6. The van der Waals surface area contributed by atoms with Crippen LogP contribution in [0.25, 0.3) is 0 Å². The fraction of sp³-hybridized carbons (Fsp3) is 0.167. The van der Waals surface area contributed by atoms with Crippen molar-refractivity contribution in [1.29, 1.82) is 0 Å². The van der Waals surface area contributed by atoms with Gasteiger partial charge in [-0.05, 0) is 61.0 Å². The third-order valence-corrected chi connectivity index (χ3v) is 7.05. The molecule has 0 spiro atoms. The Kier molecular flexibility index (Phi) is 6.86. The van der Waals surface area contributed by atoms with Gasteiger partial charge in [0.25, 0.3) is 5.91 Å². The molecule has 0 aromatic heterocycles. The predicted octanol–water partition coefficient (Wildman–Crippen LogP) is 7.73. The lowest BCUT2D eigenvalue weighted by Crippen LogP contribution is -2.17. The second-order valence-electron chi connectivity index (χ2n) is 7.84. The van der Waals surface area contributed by atoms with Crippen LogP contribution in [0, 0.1) is 12.8 Å². The minimum absolute atomic E-state index is 0.315. The molecule has 2 atom stereocenters. The summed E-state index contributed by atoms with van der Waals surface area (Å²) >= 11 is 31.3. The minimum atomic E-state index is -1.30. The molecule has 3 aromatic rings. The van der Waals surface area contributed by atoms with E-state index in [1.165, 1.54) is 0 Å². The van der Waals surface area contributed by atoms with Gasteiger partial charge >= 0.3 is 0 Å². The zero-order valence-corrected chi connectivity index (χ0v) is 20.9. The number of alkyl halides is 2. The molecule has 1 aliphatic carbocycles. The molecule has 33 heavy (non-hydrogen) atoms. The van der Waals surface area contributed by atoms with Crippen LogP contribution in [0.15, 0.2) is 60.7 Å². The fourth-order valence-electron chi connectivity index (χ4n) is 3.72. The number of hydrogen-bond acceptors (Lipinski definition) is 2. The molecule has 1 aliphatic rings. The van der Waals surface area contributed by atoms with Crippen LogP contribution in [0.5, 0.6) is 0 Å². The van der Waals surface area contributed by atoms with E-state index < -0.39 is 16.2 Å². The van der Waals surface area contributed by atoms with E-state index in [1.807, 2.05) is 13.0 Å². The molecule has 170 valence electrons. The lowest BCUT2D eigenvalue weighted by Gasteiger charge is -2.11. The Labute approximate surface area is 216 Å². The largest absolute Gasteiger partial charge is 0.326 e. The van der Waals surface area contributed by atoms with Crippen molar-refractivity contribution in [3.05, 3.63) is 92.4 Å². The van der Waals surface area contributed by atoms with Crippen molar-refractivity contribution >= 4 is 81.2 Å². The Morgan fingerprint density at radius 3 is 2.24 bits per heavy atom. The molecule has 4 rings (SSSR count). The van der Waals surface area contributed by atoms with Gasteiger partial charge in [-0.25, -0.2) is 0 Å². The predicted molar refractivity (Wildman–Crippen MR) is 136 cm³/mol. The molecule has 3 aromatic carbocycles. The molecule has 0 heterocycles. The van der Waals surface area contributed by atoms with Gasteiger partial charge in [-0.3, -0.25) is 9.59 Å².